The monoisotopic (exact) mass is 373 g/mol. The molecular weight excluding hydrogens is 354 g/mol. The van der Waals surface area contributed by atoms with Crippen LogP contribution in [0.4, 0.5) is 5.95 Å². The van der Waals surface area contributed by atoms with Crippen molar-refractivity contribution in [3.63, 3.8) is 0 Å². The first-order chi connectivity index (χ1) is 13.7. The Morgan fingerprint density at radius 3 is 2.57 bits per heavy atom. The van der Waals surface area contributed by atoms with Gasteiger partial charge in [-0.2, -0.15) is 4.68 Å². The van der Waals surface area contributed by atoms with Crippen LogP contribution < -0.4 is 10.1 Å². The van der Waals surface area contributed by atoms with Crippen LogP contribution in [0.25, 0.3) is 0 Å². The summed E-state index contributed by atoms with van der Waals surface area (Å²) in [5.74, 6) is 1.60. The lowest BCUT2D eigenvalue weighted by atomic mass is 9.78. The Balaban J connectivity index is 1.58. The minimum atomic E-state index is -0.337. The highest BCUT2D eigenvalue weighted by atomic mass is 16.5. The topological polar surface area (TPSA) is 81.9 Å². The number of benzene rings is 2. The number of ether oxygens (including phenoxy) is 1. The van der Waals surface area contributed by atoms with Crippen molar-refractivity contribution in [1.82, 2.24) is 20.2 Å². The van der Waals surface area contributed by atoms with Crippen LogP contribution in [-0.2, 0) is 4.79 Å². The second kappa shape index (κ2) is 6.60. The van der Waals surface area contributed by atoms with Crippen LogP contribution in [0, 0.1) is 0 Å². The number of aromatic nitrogens is 4. The number of anilines is 1. The van der Waals surface area contributed by atoms with E-state index >= 15 is 0 Å². The molecular formula is C21H19N5O2. The van der Waals surface area contributed by atoms with Gasteiger partial charge in [0.05, 0.1) is 7.11 Å². The van der Waals surface area contributed by atoms with E-state index in [0.717, 1.165) is 29.0 Å². The van der Waals surface area contributed by atoms with Crippen molar-refractivity contribution in [2.45, 2.75) is 24.8 Å². The van der Waals surface area contributed by atoms with E-state index in [1.54, 1.807) is 11.8 Å². The number of hydrogen-bond acceptors (Lipinski definition) is 6. The maximum atomic E-state index is 13.2. The molecule has 5 rings (SSSR count). The SMILES string of the molecule is COc1ccc([C@H]2C3=C(C[C@@H](c4ccccc4)CC3=O)Nc3nnnn32)cc1. The zero-order chi connectivity index (χ0) is 19.1. The van der Waals surface area contributed by atoms with E-state index in [1.165, 1.54) is 5.56 Å². The van der Waals surface area contributed by atoms with Crippen LogP contribution in [-0.4, -0.2) is 33.1 Å². The first-order valence-corrected chi connectivity index (χ1v) is 9.24. The van der Waals surface area contributed by atoms with Crippen LogP contribution >= 0.6 is 0 Å². The molecule has 0 saturated heterocycles. The number of nitrogens with zero attached hydrogens (tertiary/aromatic N) is 4. The molecule has 2 heterocycles. The molecule has 1 aliphatic carbocycles. The third kappa shape index (κ3) is 2.67. The molecule has 0 bridgehead atoms. The highest BCUT2D eigenvalue weighted by molar-refractivity contribution is 6.00. The zero-order valence-electron chi connectivity index (χ0n) is 15.4. The van der Waals surface area contributed by atoms with Gasteiger partial charge in [-0.15, -0.1) is 0 Å². The van der Waals surface area contributed by atoms with E-state index in [-0.39, 0.29) is 17.7 Å². The highest BCUT2D eigenvalue weighted by Gasteiger charge is 2.39. The maximum Gasteiger partial charge on any atom is 0.248 e. The van der Waals surface area contributed by atoms with Crippen molar-refractivity contribution in [3.05, 3.63) is 77.0 Å². The van der Waals surface area contributed by atoms with Crippen molar-refractivity contribution in [2.75, 3.05) is 12.4 Å². The second-order valence-corrected chi connectivity index (χ2v) is 7.08. The standard InChI is InChI=1S/C21H19N5O2/c1-28-16-9-7-14(8-10-16)20-19-17(22-21-23-24-25-26(20)21)11-15(12-18(19)27)13-5-3-2-4-6-13/h2-10,15,20H,11-12H2,1H3,(H,22,23,25)/t15-,20+/m1/s1. The molecule has 3 aromatic rings. The van der Waals surface area contributed by atoms with E-state index in [0.29, 0.717) is 12.4 Å². The molecule has 2 atom stereocenters. The number of tetrazole rings is 1. The smallest absolute Gasteiger partial charge is 0.248 e. The third-order valence-electron chi connectivity index (χ3n) is 5.48. The summed E-state index contributed by atoms with van der Waals surface area (Å²) in [4.78, 5) is 13.2. The maximum absolute atomic E-state index is 13.2. The van der Waals surface area contributed by atoms with Gasteiger partial charge in [-0.05, 0) is 46.0 Å². The van der Waals surface area contributed by atoms with Gasteiger partial charge in [0.1, 0.15) is 11.8 Å². The Morgan fingerprint density at radius 2 is 1.82 bits per heavy atom. The normalized spacial score (nSPS) is 21.0. The number of Topliss-reactive ketones (excluding diaryl/α,β-unsaturated/α-hetero) is 1. The van der Waals surface area contributed by atoms with Crippen molar-refractivity contribution < 1.29 is 9.53 Å². The average molecular weight is 373 g/mol. The van der Waals surface area contributed by atoms with Crippen LogP contribution in [0.15, 0.2) is 65.9 Å². The third-order valence-corrected chi connectivity index (χ3v) is 5.48. The van der Waals surface area contributed by atoms with Crippen molar-refractivity contribution in [3.8, 4) is 5.75 Å². The van der Waals surface area contributed by atoms with Gasteiger partial charge in [-0.1, -0.05) is 47.6 Å². The lowest BCUT2D eigenvalue weighted by molar-refractivity contribution is -0.116. The Morgan fingerprint density at radius 1 is 1.04 bits per heavy atom. The van der Waals surface area contributed by atoms with Gasteiger partial charge >= 0.3 is 0 Å². The summed E-state index contributed by atoms with van der Waals surface area (Å²) in [6, 6.07) is 17.5. The molecule has 1 aromatic heterocycles. The molecule has 2 aliphatic rings. The summed E-state index contributed by atoms with van der Waals surface area (Å²) in [7, 11) is 1.63. The molecule has 0 unspecified atom stereocenters. The van der Waals surface area contributed by atoms with Crippen LogP contribution in [0.2, 0.25) is 0 Å². The van der Waals surface area contributed by atoms with Crippen molar-refractivity contribution in [1.29, 1.82) is 0 Å². The number of allylic oxidation sites excluding steroid dienone is 2. The van der Waals surface area contributed by atoms with Crippen LogP contribution in [0.3, 0.4) is 0 Å². The fourth-order valence-electron chi connectivity index (χ4n) is 4.13. The number of fused-ring (bicyclic) bond motifs is 1. The molecule has 1 N–H and O–H groups in total. The van der Waals surface area contributed by atoms with Gasteiger partial charge in [0.2, 0.25) is 5.95 Å². The Kier molecular flexibility index (Phi) is 3.93. The first-order valence-electron chi connectivity index (χ1n) is 9.24. The van der Waals surface area contributed by atoms with E-state index in [2.05, 4.69) is 33.0 Å². The molecule has 0 amide bonds. The zero-order valence-corrected chi connectivity index (χ0v) is 15.4. The number of nitrogens with one attached hydrogen (secondary N) is 1. The summed E-state index contributed by atoms with van der Waals surface area (Å²) >= 11 is 0. The summed E-state index contributed by atoms with van der Waals surface area (Å²) in [6.45, 7) is 0. The van der Waals surface area contributed by atoms with E-state index in [4.69, 9.17) is 4.74 Å². The molecule has 0 spiro atoms. The minimum absolute atomic E-state index is 0.129. The van der Waals surface area contributed by atoms with Crippen molar-refractivity contribution in [2.24, 2.45) is 0 Å². The largest absolute Gasteiger partial charge is 0.497 e. The lowest BCUT2D eigenvalue weighted by Gasteiger charge is -2.34. The Labute approximate surface area is 162 Å². The molecule has 0 fully saturated rings. The molecule has 140 valence electrons. The summed E-state index contributed by atoms with van der Waals surface area (Å²) in [6.07, 6.45) is 1.24. The number of rotatable bonds is 3. The number of carbonyl (C=O) groups excluding carboxylic acids is 1. The molecule has 1 aliphatic heterocycles. The molecule has 7 nitrogen and oxygen atoms in total. The molecule has 28 heavy (non-hydrogen) atoms. The predicted octanol–water partition coefficient (Wildman–Crippen LogP) is 3.10. The molecule has 0 saturated carbocycles. The minimum Gasteiger partial charge on any atom is -0.497 e. The van der Waals surface area contributed by atoms with Gasteiger partial charge in [-0.25, -0.2) is 0 Å². The number of carbonyl (C=O) groups is 1. The van der Waals surface area contributed by atoms with Gasteiger partial charge < -0.3 is 10.1 Å². The van der Waals surface area contributed by atoms with Crippen LogP contribution in [0.1, 0.15) is 35.9 Å². The van der Waals surface area contributed by atoms with Gasteiger partial charge in [0, 0.05) is 17.7 Å². The molecule has 0 radical (unpaired) electrons. The fourth-order valence-corrected chi connectivity index (χ4v) is 4.13. The van der Waals surface area contributed by atoms with Crippen LogP contribution in [0.5, 0.6) is 5.75 Å². The van der Waals surface area contributed by atoms with Gasteiger partial charge in [0.25, 0.3) is 0 Å². The molecule has 7 heteroatoms. The van der Waals surface area contributed by atoms with Gasteiger partial charge in [0.15, 0.2) is 5.78 Å². The lowest BCUT2D eigenvalue weighted by Crippen LogP contribution is -2.33. The van der Waals surface area contributed by atoms with E-state index < -0.39 is 0 Å². The van der Waals surface area contributed by atoms with Crippen molar-refractivity contribution >= 4 is 11.7 Å². The Hall–Kier alpha value is -3.48. The van der Waals surface area contributed by atoms with E-state index in [1.807, 2.05) is 42.5 Å². The van der Waals surface area contributed by atoms with Gasteiger partial charge in [-0.3, -0.25) is 4.79 Å². The summed E-state index contributed by atoms with van der Waals surface area (Å²) in [5, 5.41) is 15.3. The predicted molar refractivity (Wildman–Crippen MR) is 103 cm³/mol. The number of ketones is 1. The molecule has 2 aromatic carbocycles. The quantitative estimate of drug-likeness (QED) is 0.760. The second-order valence-electron chi connectivity index (χ2n) is 7.08. The summed E-state index contributed by atoms with van der Waals surface area (Å²) < 4.78 is 6.95. The fraction of sp³-hybridized carbons (Fsp3) is 0.238. The highest BCUT2D eigenvalue weighted by Crippen LogP contribution is 2.43. The Bertz CT molecular complexity index is 1060. The van der Waals surface area contributed by atoms with E-state index in [9.17, 15) is 4.79 Å². The number of methoxy groups -OCH3 is 1. The average Bonchev–Trinajstić information content (AvgIpc) is 3.21. The summed E-state index contributed by atoms with van der Waals surface area (Å²) in [5.41, 5.74) is 3.79. The number of hydrogen-bond donors (Lipinski definition) is 1. The first kappa shape index (κ1) is 16.7.